The number of fused-ring (bicyclic) bond motifs is 6. The van der Waals surface area contributed by atoms with Crippen LogP contribution in [0, 0.1) is 0 Å². The normalized spacial score (nSPS) is 12.7. The predicted octanol–water partition coefficient (Wildman–Crippen LogP) is 14.2. The number of anilines is 3. The van der Waals surface area contributed by atoms with E-state index in [0.717, 1.165) is 61.3 Å². The summed E-state index contributed by atoms with van der Waals surface area (Å²) in [7, 11) is 0. The highest BCUT2D eigenvalue weighted by Gasteiger charge is 2.38. The zero-order chi connectivity index (χ0) is 39.5. The fourth-order valence-electron chi connectivity index (χ4n) is 8.96. The first-order chi connectivity index (χ1) is 29.0. The summed E-state index contributed by atoms with van der Waals surface area (Å²) in [6.07, 6.45) is 0. The topological polar surface area (TPSA) is 55.1 Å². The van der Waals surface area contributed by atoms with Crippen LogP contribution in [-0.2, 0) is 5.41 Å². The molecule has 0 aliphatic heterocycles. The average Bonchev–Trinajstić information content (AvgIpc) is 3.79. The minimum atomic E-state index is -0.233. The highest BCUT2D eigenvalue weighted by Crippen LogP contribution is 2.54. The van der Waals surface area contributed by atoms with E-state index in [-0.39, 0.29) is 5.41 Å². The maximum Gasteiger partial charge on any atom is 0.164 e. The molecule has 1 aliphatic rings. The van der Waals surface area contributed by atoms with E-state index >= 15 is 0 Å². The Kier molecular flexibility index (Phi) is 8.09. The van der Waals surface area contributed by atoms with Crippen molar-refractivity contribution in [2.75, 3.05) is 4.90 Å². The Morgan fingerprint density at radius 2 is 0.983 bits per heavy atom. The van der Waals surface area contributed by atoms with E-state index in [0.29, 0.717) is 17.5 Å². The van der Waals surface area contributed by atoms with E-state index < -0.39 is 0 Å². The molecule has 1 aliphatic carbocycles. The van der Waals surface area contributed by atoms with Gasteiger partial charge in [-0.05, 0) is 75.8 Å². The monoisotopic (exact) mass is 758 g/mol. The van der Waals surface area contributed by atoms with E-state index in [2.05, 4.69) is 140 Å². The molecule has 10 aromatic rings. The van der Waals surface area contributed by atoms with Gasteiger partial charge in [0.05, 0.1) is 5.69 Å². The zero-order valence-corrected chi connectivity index (χ0v) is 32.7. The van der Waals surface area contributed by atoms with Crippen LogP contribution in [0.1, 0.15) is 25.0 Å². The number of benzene rings is 8. The van der Waals surface area contributed by atoms with Crippen LogP contribution in [0.25, 0.3) is 78.4 Å². The molecule has 0 spiro atoms. The van der Waals surface area contributed by atoms with Crippen LogP contribution in [-0.4, -0.2) is 15.0 Å². The maximum absolute atomic E-state index is 6.63. The third-order valence-corrected chi connectivity index (χ3v) is 11.7. The first kappa shape index (κ1) is 34.6. The van der Waals surface area contributed by atoms with E-state index in [1.807, 2.05) is 72.8 Å². The molecule has 0 fully saturated rings. The molecule has 280 valence electrons. The van der Waals surface area contributed by atoms with Gasteiger partial charge in [-0.15, -0.1) is 0 Å². The van der Waals surface area contributed by atoms with Crippen molar-refractivity contribution in [1.82, 2.24) is 15.0 Å². The third-order valence-electron chi connectivity index (χ3n) is 11.7. The summed E-state index contributed by atoms with van der Waals surface area (Å²) in [6, 6.07) is 67.9. The van der Waals surface area contributed by atoms with E-state index in [9.17, 15) is 0 Å². The maximum atomic E-state index is 6.63. The Bertz CT molecular complexity index is 3130. The summed E-state index contributed by atoms with van der Waals surface area (Å²) in [6.45, 7) is 4.70. The van der Waals surface area contributed by atoms with Crippen LogP contribution in [0.5, 0.6) is 0 Å². The largest absolute Gasteiger partial charge is 0.456 e. The number of aromatic nitrogens is 3. The molecule has 0 saturated carbocycles. The van der Waals surface area contributed by atoms with Crippen LogP contribution < -0.4 is 4.90 Å². The van der Waals surface area contributed by atoms with Crippen molar-refractivity contribution in [2.45, 2.75) is 19.3 Å². The average molecular weight is 759 g/mol. The summed E-state index contributed by atoms with van der Waals surface area (Å²) >= 11 is 0. The molecule has 5 heteroatoms. The number of hydrogen-bond donors (Lipinski definition) is 0. The lowest BCUT2D eigenvalue weighted by Gasteiger charge is -2.32. The standard InChI is InChI=1S/C54H38N4O/c1-54(2)45-28-13-12-25-41(45)42-26-15-29-46(50(42)54)58(39-24-14-23-38(33-39)35-17-6-3-7-18-35)40-31-32-47-44(34-40)49-43(27-16-30-48(49)59-47)53-56-51(36-19-8-4-9-20-36)55-52(57-53)37-21-10-5-11-22-37/h3-34H,1-2H3. The van der Waals surface area contributed by atoms with Crippen molar-refractivity contribution in [1.29, 1.82) is 0 Å². The van der Waals surface area contributed by atoms with Gasteiger partial charge >= 0.3 is 0 Å². The fraction of sp³-hybridized carbons (Fsp3) is 0.0556. The summed E-state index contributed by atoms with van der Waals surface area (Å²) < 4.78 is 6.63. The molecular weight excluding hydrogens is 721 g/mol. The molecule has 0 N–H and O–H groups in total. The molecule has 0 amide bonds. The molecule has 5 nitrogen and oxygen atoms in total. The molecule has 0 bridgehead atoms. The van der Waals surface area contributed by atoms with Gasteiger partial charge in [0.2, 0.25) is 0 Å². The predicted molar refractivity (Wildman–Crippen MR) is 241 cm³/mol. The van der Waals surface area contributed by atoms with Gasteiger partial charge in [-0.25, -0.2) is 15.0 Å². The summed E-state index contributed by atoms with van der Waals surface area (Å²) in [5.74, 6) is 1.82. The zero-order valence-electron chi connectivity index (χ0n) is 32.7. The Morgan fingerprint density at radius 1 is 0.424 bits per heavy atom. The van der Waals surface area contributed by atoms with Crippen LogP contribution in [0.4, 0.5) is 17.1 Å². The highest BCUT2D eigenvalue weighted by molar-refractivity contribution is 6.13. The first-order valence-corrected chi connectivity index (χ1v) is 20.0. The molecule has 11 rings (SSSR count). The van der Waals surface area contributed by atoms with Crippen LogP contribution in [0.3, 0.4) is 0 Å². The quantitative estimate of drug-likeness (QED) is 0.162. The summed E-state index contributed by atoms with van der Waals surface area (Å²) in [5.41, 5.74) is 14.8. The second-order valence-corrected chi connectivity index (χ2v) is 15.6. The Labute approximate surface area is 342 Å². The summed E-state index contributed by atoms with van der Waals surface area (Å²) in [4.78, 5) is 17.6. The smallest absolute Gasteiger partial charge is 0.164 e. The van der Waals surface area contributed by atoms with Crippen LogP contribution in [0.2, 0.25) is 0 Å². The second-order valence-electron chi connectivity index (χ2n) is 15.6. The lowest BCUT2D eigenvalue weighted by atomic mass is 9.81. The molecule has 8 aromatic carbocycles. The molecule has 0 unspecified atom stereocenters. The van der Waals surface area contributed by atoms with E-state index in [1.54, 1.807) is 0 Å². The number of nitrogens with zero attached hydrogens (tertiary/aromatic N) is 4. The Morgan fingerprint density at radius 3 is 1.71 bits per heavy atom. The van der Waals surface area contributed by atoms with Gasteiger partial charge in [0.25, 0.3) is 0 Å². The molecule has 59 heavy (non-hydrogen) atoms. The van der Waals surface area contributed by atoms with Gasteiger partial charge in [0.15, 0.2) is 17.5 Å². The Balaban J connectivity index is 1.15. The number of rotatable bonds is 7. The van der Waals surface area contributed by atoms with Crippen LogP contribution >= 0.6 is 0 Å². The molecule has 0 saturated heterocycles. The lowest BCUT2D eigenvalue weighted by Crippen LogP contribution is -2.20. The minimum absolute atomic E-state index is 0.233. The third kappa shape index (κ3) is 5.81. The van der Waals surface area contributed by atoms with Crippen molar-refractivity contribution in [3.8, 4) is 56.4 Å². The summed E-state index contributed by atoms with van der Waals surface area (Å²) in [5, 5.41) is 1.94. The van der Waals surface area contributed by atoms with Crippen molar-refractivity contribution < 1.29 is 4.42 Å². The number of furan rings is 1. The van der Waals surface area contributed by atoms with E-state index in [1.165, 1.54) is 27.8 Å². The van der Waals surface area contributed by atoms with Gasteiger partial charge in [-0.1, -0.05) is 166 Å². The first-order valence-electron chi connectivity index (χ1n) is 20.0. The molecule has 0 atom stereocenters. The van der Waals surface area contributed by atoms with Crippen molar-refractivity contribution in [3.63, 3.8) is 0 Å². The number of hydrogen-bond acceptors (Lipinski definition) is 5. The molecular formula is C54H38N4O. The van der Waals surface area contributed by atoms with Gasteiger partial charge in [0.1, 0.15) is 11.2 Å². The molecule has 2 aromatic heterocycles. The minimum Gasteiger partial charge on any atom is -0.456 e. The van der Waals surface area contributed by atoms with Gasteiger partial charge in [-0.3, -0.25) is 0 Å². The lowest BCUT2D eigenvalue weighted by molar-refractivity contribution is 0.660. The van der Waals surface area contributed by atoms with Crippen molar-refractivity contribution in [3.05, 3.63) is 205 Å². The fourth-order valence-corrected chi connectivity index (χ4v) is 8.96. The molecule has 0 radical (unpaired) electrons. The Hall–Kier alpha value is -7.63. The highest BCUT2D eigenvalue weighted by atomic mass is 16.3. The second kappa shape index (κ2) is 13.8. The molecule has 2 heterocycles. The van der Waals surface area contributed by atoms with Gasteiger partial charge in [-0.2, -0.15) is 0 Å². The van der Waals surface area contributed by atoms with Crippen molar-refractivity contribution in [2.24, 2.45) is 0 Å². The van der Waals surface area contributed by atoms with E-state index in [4.69, 9.17) is 19.4 Å². The van der Waals surface area contributed by atoms with Crippen molar-refractivity contribution >= 4 is 39.0 Å². The SMILES string of the molecule is CC1(C)c2ccccc2-c2cccc(N(c3cccc(-c4ccccc4)c3)c3ccc4oc5cccc(-c6nc(-c7ccccc7)nc(-c7ccccc7)n6)c5c4c3)c21. The van der Waals surface area contributed by atoms with Crippen LogP contribution in [0.15, 0.2) is 199 Å². The van der Waals surface area contributed by atoms with Gasteiger partial charge < -0.3 is 9.32 Å². The van der Waals surface area contributed by atoms with Gasteiger partial charge in [0, 0.05) is 44.3 Å².